The van der Waals surface area contributed by atoms with Crippen LogP contribution in [0.25, 0.3) is 0 Å². The molecule has 2 aromatic rings. The van der Waals surface area contributed by atoms with Gasteiger partial charge in [-0.1, -0.05) is 55.4 Å². The van der Waals surface area contributed by atoms with Gasteiger partial charge in [-0.25, -0.2) is 4.79 Å². The van der Waals surface area contributed by atoms with Gasteiger partial charge in [0.2, 0.25) is 17.7 Å². The van der Waals surface area contributed by atoms with E-state index in [0.717, 1.165) is 5.56 Å². The minimum Gasteiger partial charge on any atom is -0.463 e. The second-order valence-corrected chi connectivity index (χ2v) is 9.96. The average molecular weight is 570 g/mol. The third-order valence-electron chi connectivity index (χ3n) is 5.89. The predicted octanol–water partition coefficient (Wildman–Crippen LogP) is 1.72. The van der Waals surface area contributed by atoms with E-state index in [2.05, 4.69) is 21.1 Å². The predicted molar refractivity (Wildman–Crippen MR) is 150 cm³/mol. The van der Waals surface area contributed by atoms with Crippen molar-refractivity contribution in [3.63, 3.8) is 0 Å². The molecule has 41 heavy (non-hydrogen) atoms. The molecule has 1 heterocycles. The number of amides is 4. The maximum atomic E-state index is 13.5. The van der Waals surface area contributed by atoms with E-state index in [1.54, 1.807) is 13.8 Å². The first kappa shape index (κ1) is 32.7. The summed E-state index contributed by atoms with van der Waals surface area (Å²) in [5.74, 6) is -2.37. The number of carbonyl (C=O) groups is 5. The van der Waals surface area contributed by atoms with E-state index in [1.165, 1.54) is 18.2 Å². The number of benzene rings is 1. The van der Waals surface area contributed by atoms with Crippen molar-refractivity contribution in [1.29, 1.82) is 0 Å². The minimum absolute atomic E-state index is 0.0355. The van der Waals surface area contributed by atoms with Crippen molar-refractivity contribution in [2.75, 3.05) is 6.61 Å². The fourth-order valence-corrected chi connectivity index (χ4v) is 3.92. The van der Waals surface area contributed by atoms with E-state index in [-0.39, 0.29) is 37.5 Å². The van der Waals surface area contributed by atoms with Crippen molar-refractivity contribution in [2.45, 2.75) is 71.5 Å². The van der Waals surface area contributed by atoms with Crippen LogP contribution in [0.1, 0.15) is 61.8 Å². The van der Waals surface area contributed by atoms with Crippen LogP contribution in [0.3, 0.4) is 0 Å². The summed E-state index contributed by atoms with van der Waals surface area (Å²) in [6.45, 7) is 7.29. The third kappa shape index (κ3) is 12.1. The van der Waals surface area contributed by atoms with Crippen LogP contribution in [0.2, 0.25) is 0 Å². The summed E-state index contributed by atoms with van der Waals surface area (Å²) in [6, 6.07) is 7.81. The number of primary amides is 1. The van der Waals surface area contributed by atoms with Gasteiger partial charge in [-0.05, 0) is 38.2 Å². The van der Waals surface area contributed by atoms with Crippen molar-refractivity contribution in [1.82, 2.24) is 21.1 Å². The van der Waals surface area contributed by atoms with Crippen LogP contribution in [0, 0.1) is 12.8 Å². The minimum atomic E-state index is -1.04. The molecular weight excluding hydrogens is 530 g/mol. The molecule has 0 fully saturated rings. The van der Waals surface area contributed by atoms with Crippen LogP contribution in [0.5, 0.6) is 0 Å². The van der Waals surface area contributed by atoms with Crippen LogP contribution in [0.15, 0.2) is 53.1 Å². The van der Waals surface area contributed by atoms with Crippen LogP contribution in [-0.4, -0.2) is 59.5 Å². The van der Waals surface area contributed by atoms with E-state index in [9.17, 15) is 24.0 Å². The molecular formula is C29H39N5O7. The van der Waals surface area contributed by atoms with Crippen LogP contribution in [-0.2, 0) is 30.3 Å². The van der Waals surface area contributed by atoms with E-state index >= 15 is 0 Å². The van der Waals surface area contributed by atoms with Gasteiger partial charge in [0.1, 0.15) is 17.8 Å². The summed E-state index contributed by atoms with van der Waals surface area (Å²) in [5, 5.41) is 11.9. The van der Waals surface area contributed by atoms with E-state index < -0.39 is 47.7 Å². The van der Waals surface area contributed by atoms with Gasteiger partial charge in [0, 0.05) is 31.0 Å². The Morgan fingerprint density at radius 1 is 1.02 bits per heavy atom. The quantitative estimate of drug-likeness (QED) is 0.174. The summed E-state index contributed by atoms with van der Waals surface area (Å²) < 4.78 is 9.86. The van der Waals surface area contributed by atoms with Crippen molar-refractivity contribution in [3.8, 4) is 0 Å². The van der Waals surface area contributed by atoms with Gasteiger partial charge in [-0.2, -0.15) is 0 Å². The molecule has 0 spiro atoms. The summed E-state index contributed by atoms with van der Waals surface area (Å²) in [5.41, 5.74) is 6.11. The third-order valence-corrected chi connectivity index (χ3v) is 5.89. The monoisotopic (exact) mass is 569 g/mol. The van der Waals surface area contributed by atoms with Crippen LogP contribution < -0.4 is 21.7 Å². The highest BCUT2D eigenvalue weighted by Gasteiger charge is 2.29. The standard InChI is InChI=1S/C29H39N5O7/c1-5-40-26(36)14-12-21(11-13-25(30)35)31-27(37)23(17-20-9-7-6-8-10-20)33-28(38)22(15-18(2)3)32-29(39)24-16-19(4)41-34-24/h6-10,12,14,16,18,21-23H,5,11,13,15,17H2,1-4H3,(H2,30,35)(H,31,37)(H,32,39)(H,33,38)/b14-12+/t21-,22-,23-/m0/s1. The van der Waals surface area contributed by atoms with Crippen molar-refractivity contribution < 1.29 is 33.2 Å². The summed E-state index contributed by atoms with van der Waals surface area (Å²) >= 11 is 0. The summed E-state index contributed by atoms with van der Waals surface area (Å²) in [4.78, 5) is 62.9. The molecule has 0 unspecified atom stereocenters. The van der Waals surface area contributed by atoms with Gasteiger partial charge in [-0.3, -0.25) is 19.2 Å². The average Bonchev–Trinajstić information content (AvgIpc) is 3.36. The lowest BCUT2D eigenvalue weighted by Crippen LogP contribution is -2.55. The molecule has 0 aliphatic heterocycles. The Bertz CT molecular complexity index is 1210. The van der Waals surface area contributed by atoms with Gasteiger partial charge >= 0.3 is 5.97 Å². The van der Waals surface area contributed by atoms with E-state index in [4.69, 9.17) is 15.0 Å². The highest BCUT2D eigenvalue weighted by atomic mass is 16.5. The van der Waals surface area contributed by atoms with Gasteiger partial charge in [0.05, 0.1) is 6.61 Å². The Morgan fingerprint density at radius 3 is 2.29 bits per heavy atom. The number of rotatable bonds is 16. The first-order valence-corrected chi connectivity index (χ1v) is 13.5. The first-order valence-electron chi connectivity index (χ1n) is 13.5. The smallest absolute Gasteiger partial charge is 0.330 e. The maximum absolute atomic E-state index is 13.5. The molecule has 12 heteroatoms. The zero-order chi connectivity index (χ0) is 30.4. The second kappa shape index (κ2) is 16.6. The molecule has 1 aromatic heterocycles. The maximum Gasteiger partial charge on any atom is 0.330 e. The number of carbonyl (C=O) groups excluding carboxylic acids is 5. The number of nitrogens with zero attached hydrogens (tertiary/aromatic N) is 1. The fraction of sp³-hybridized carbons (Fsp3) is 0.448. The highest BCUT2D eigenvalue weighted by Crippen LogP contribution is 2.10. The SMILES string of the molecule is CCOC(=O)/C=C/[C@H](CCC(N)=O)NC(=O)[C@H](Cc1ccccc1)NC(=O)[C@H](CC(C)C)NC(=O)c1cc(C)on1. The largest absolute Gasteiger partial charge is 0.463 e. The highest BCUT2D eigenvalue weighted by molar-refractivity contribution is 5.97. The summed E-state index contributed by atoms with van der Waals surface area (Å²) in [6.07, 6.45) is 3.12. The molecule has 0 bridgehead atoms. The molecule has 0 aliphatic rings. The Hall–Kier alpha value is -4.48. The second-order valence-electron chi connectivity index (χ2n) is 9.96. The zero-order valence-corrected chi connectivity index (χ0v) is 23.8. The molecule has 1 aromatic carbocycles. The Labute approximate surface area is 239 Å². The Kier molecular flexibility index (Phi) is 13.2. The molecule has 0 radical (unpaired) electrons. The lowest BCUT2D eigenvalue weighted by molar-refractivity contribution is -0.137. The zero-order valence-electron chi connectivity index (χ0n) is 23.8. The molecule has 222 valence electrons. The normalized spacial score (nSPS) is 13.3. The molecule has 4 amide bonds. The number of aryl methyl sites for hydroxylation is 1. The fourth-order valence-electron chi connectivity index (χ4n) is 3.92. The Morgan fingerprint density at radius 2 is 1.71 bits per heavy atom. The van der Waals surface area contributed by atoms with Gasteiger partial charge < -0.3 is 30.9 Å². The van der Waals surface area contributed by atoms with Crippen LogP contribution in [0.4, 0.5) is 0 Å². The molecule has 5 N–H and O–H groups in total. The topological polar surface area (TPSA) is 183 Å². The van der Waals surface area contributed by atoms with Crippen molar-refractivity contribution in [2.24, 2.45) is 11.7 Å². The van der Waals surface area contributed by atoms with Gasteiger partial charge in [-0.15, -0.1) is 0 Å². The van der Waals surface area contributed by atoms with Crippen molar-refractivity contribution >= 4 is 29.6 Å². The number of esters is 1. The molecule has 3 atom stereocenters. The van der Waals surface area contributed by atoms with E-state index in [0.29, 0.717) is 12.2 Å². The van der Waals surface area contributed by atoms with Gasteiger partial charge in [0.15, 0.2) is 5.69 Å². The first-order chi connectivity index (χ1) is 19.5. The molecule has 2 rings (SSSR count). The lowest BCUT2D eigenvalue weighted by Gasteiger charge is -2.25. The van der Waals surface area contributed by atoms with Crippen LogP contribution >= 0.6 is 0 Å². The number of aromatic nitrogens is 1. The number of ether oxygens (including phenoxy) is 1. The number of hydrogen-bond acceptors (Lipinski definition) is 8. The van der Waals surface area contributed by atoms with Crippen molar-refractivity contribution in [3.05, 3.63) is 65.6 Å². The molecule has 12 nitrogen and oxygen atoms in total. The molecule has 0 saturated heterocycles. The summed E-state index contributed by atoms with van der Waals surface area (Å²) in [7, 11) is 0. The van der Waals surface area contributed by atoms with Gasteiger partial charge in [0.25, 0.3) is 5.91 Å². The number of hydrogen-bond donors (Lipinski definition) is 4. The number of nitrogens with two attached hydrogens (primary N) is 1. The Balaban J connectivity index is 2.27. The van der Waals surface area contributed by atoms with E-state index in [1.807, 2.05) is 44.2 Å². The molecule has 0 aliphatic carbocycles. The number of nitrogens with one attached hydrogen (secondary N) is 3. The molecule has 0 saturated carbocycles. The lowest BCUT2D eigenvalue weighted by atomic mass is 10.0.